The van der Waals surface area contributed by atoms with E-state index in [4.69, 9.17) is 0 Å². The fourth-order valence-electron chi connectivity index (χ4n) is 2.78. The largest absolute Gasteiger partial charge is 0.348 e. The third-order valence-corrected chi connectivity index (χ3v) is 4.30. The van der Waals surface area contributed by atoms with Crippen molar-refractivity contribution in [1.82, 2.24) is 5.32 Å². The van der Waals surface area contributed by atoms with Crippen molar-refractivity contribution in [3.8, 4) is 0 Å². The molecule has 1 N–H and O–H groups in total. The SMILES string of the molecule is Cc1ccc(CNC(=O)/C(=C/c2cccc([N+](=O)[O-])c2)c2ccccc2)cc1. The Morgan fingerprint density at radius 2 is 1.71 bits per heavy atom. The van der Waals surface area contributed by atoms with Crippen LogP contribution >= 0.6 is 0 Å². The average molecular weight is 372 g/mol. The van der Waals surface area contributed by atoms with Crippen LogP contribution in [-0.4, -0.2) is 10.8 Å². The van der Waals surface area contributed by atoms with Crippen LogP contribution in [0.15, 0.2) is 78.9 Å². The lowest BCUT2D eigenvalue weighted by atomic mass is 10.0. The van der Waals surface area contributed by atoms with Crippen molar-refractivity contribution in [3.05, 3.63) is 111 Å². The molecule has 0 unspecified atom stereocenters. The van der Waals surface area contributed by atoms with E-state index in [1.54, 1.807) is 18.2 Å². The molecule has 3 aromatic carbocycles. The van der Waals surface area contributed by atoms with Crippen LogP contribution in [0.5, 0.6) is 0 Å². The van der Waals surface area contributed by atoms with E-state index in [1.165, 1.54) is 12.1 Å². The molecule has 0 aromatic heterocycles. The standard InChI is InChI=1S/C23H20N2O3/c1-17-10-12-18(13-11-17)16-24-23(26)22(20-7-3-2-4-8-20)15-19-6-5-9-21(14-19)25(27)28/h2-15H,16H2,1H3,(H,24,26)/b22-15+. The van der Waals surface area contributed by atoms with Crippen molar-refractivity contribution >= 4 is 23.2 Å². The van der Waals surface area contributed by atoms with E-state index in [0.29, 0.717) is 17.7 Å². The molecule has 5 heteroatoms. The van der Waals surface area contributed by atoms with Crippen LogP contribution < -0.4 is 5.32 Å². The predicted octanol–water partition coefficient (Wildman–Crippen LogP) is 4.76. The maximum Gasteiger partial charge on any atom is 0.270 e. The van der Waals surface area contributed by atoms with Crippen molar-refractivity contribution in [1.29, 1.82) is 0 Å². The number of nitrogens with one attached hydrogen (secondary N) is 1. The van der Waals surface area contributed by atoms with Gasteiger partial charge in [-0.1, -0.05) is 72.3 Å². The Morgan fingerprint density at radius 1 is 1.00 bits per heavy atom. The van der Waals surface area contributed by atoms with Gasteiger partial charge in [-0.15, -0.1) is 0 Å². The first kappa shape index (κ1) is 19.0. The van der Waals surface area contributed by atoms with E-state index in [0.717, 1.165) is 16.7 Å². The molecule has 28 heavy (non-hydrogen) atoms. The second-order valence-electron chi connectivity index (χ2n) is 6.44. The summed E-state index contributed by atoms with van der Waals surface area (Å²) in [7, 11) is 0. The number of nitrogens with zero attached hydrogens (tertiary/aromatic N) is 1. The summed E-state index contributed by atoms with van der Waals surface area (Å²) in [5.41, 5.74) is 3.94. The summed E-state index contributed by atoms with van der Waals surface area (Å²) in [6.45, 7) is 2.41. The molecule has 0 atom stereocenters. The highest BCUT2D eigenvalue weighted by Crippen LogP contribution is 2.21. The topological polar surface area (TPSA) is 72.2 Å². The quantitative estimate of drug-likeness (QED) is 0.293. The van der Waals surface area contributed by atoms with Crippen LogP contribution in [0.25, 0.3) is 11.6 Å². The Morgan fingerprint density at radius 3 is 2.39 bits per heavy atom. The van der Waals surface area contributed by atoms with Crippen molar-refractivity contribution in [2.75, 3.05) is 0 Å². The van der Waals surface area contributed by atoms with E-state index in [9.17, 15) is 14.9 Å². The Labute approximate surface area is 163 Å². The van der Waals surface area contributed by atoms with Gasteiger partial charge in [0.1, 0.15) is 0 Å². The van der Waals surface area contributed by atoms with Crippen LogP contribution in [0.3, 0.4) is 0 Å². The number of carbonyl (C=O) groups excluding carboxylic acids is 1. The number of nitro groups is 1. The zero-order valence-corrected chi connectivity index (χ0v) is 15.5. The molecular weight excluding hydrogens is 352 g/mol. The maximum absolute atomic E-state index is 12.9. The monoisotopic (exact) mass is 372 g/mol. The fourth-order valence-corrected chi connectivity index (χ4v) is 2.78. The van der Waals surface area contributed by atoms with E-state index in [-0.39, 0.29) is 11.6 Å². The molecule has 3 rings (SSSR count). The van der Waals surface area contributed by atoms with Gasteiger partial charge >= 0.3 is 0 Å². The first-order valence-corrected chi connectivity index (χ1v) is 8.88. The summed E-state index contributed by atoms with van der Waals surface area (Å²) in [5.74, 6) is -0.238. The van der Waals surface area contributed by atoms with Gasteiger partial charge in [0.2, 0.25) is 0 Å². The van der Waals surface area contributed by atoms with E-state index >= 15 is 0 Å². The number of hydrogen-bond acceptors (Lipinski definition) is 3. The number of carbonyl (C=O) groups is 1. The van der Waals surface area contributed by atoms with Gasteiger partial charge in [-0.2, -0.15) is 0 Å². The minimum atomic E-state index is -0.447. The third-order valence-electron chi connectivity index (χ3n) is 4.30. The highest BCUT2D eigenvalue weighted by molar-refractivity contribution is 6.24. The number of rotatable bonds is 6. The molecule has 0 saturated carbocycles. The summed E-state index contributed by atoms with van der Waals surface area (Å²) in [6.07, 6.45) is 1.67. The third kappa shape index (κ3) is 4.92. The first-order chi connectivity index (χ1) is 13.5. The van der Waals surface area contributed by atoms with Crippen LogP contribution in [0.2, 0.25) is 0 Å². The molecule has 1 amide bonds. The molecule has 140 valence electrons. The molecule has 0 radical (unpaired) electrons. The molecule has 0 heterocycles. The summed E-state index contributed by atoms with van der Waals surface area (Å²) in [6, 6.07) is 23.4. The normalized spacial score (nSPS) is 11.1. The predicted molar refractivity (Wildman–Crippen MR) is 110 cm³/mol. The van der Waals surface area contributed by atoms with Crippen LogP contribution in [0.1, 0.15) is 22.3 Å². The summed E-state index contributed by atoms with van der Waals surface area (Å²) in [4.78, 5) is 23.5. The van der Waals surface area contributed by atoms with Crippen LogP contribution in [0.4, 0.5) is 5.69 Å². The zero-order chi connectivity index (χ0) is 19.9. The maximum atomic E-state index is 12.9. The van der Waals surface area contributed by atoms with Crippen molar-refractivity contribution in [3.63, 3.8) is 0 Å². The minimum Gasteiger partial charge on any atom is -0.348 e. The summed E-state index contributed by atoms with van der Waals surface area (Å²) in [5, 5.41) is 14.0. The Hall–Kier alpha value is -3.73. The smallest absolute Gasteiger partial charge is 0.270 e. The molecule has 0 bridgehead atoms. The second-order valence-corrected chi connectivity index (χ2v) is 6.44. The number of hydrogen-bond donors (Lipinski definition) is 1. The van der Waals surface area contributed by atoms with Gasteiger partial charge in [-0.05, 0) is 29.7 Å². The number of nitro benzene ring substituents is 1. The number of non-ortho nitro benzene ring substituents is 1. The Kier molecular flexibility index (Phi) is 5.97. The number of amides is 1. The Balaban J connectivity index is 1.88. The highest BCUT2D eigenvalue weighted by Gasteiger charge is 2.13. The lowest BCUT2D eigenvalue weighted by Gasteiger charge is -2.10. The van der Waals surface area contributed by atoms with Crippen LogP contribution in [-0.2, 0) is 11.3 Å². The van der Waals surface area contributed by atoms with Gasteiger partial charge in [0, 0.05) is 24.3 Å². The van der Waals surface area contributed by atoms with Gasteiger partial charge < -0.3 is 5.32 Å². The Bertz CT molecular complexity index is 1010. The molecule has 0 aliphatic carbocycles. The van der Waals surface area contributed by atoms with Crippen LogP contribution in [0, 0.1) is 17.0 Å². The van der Waals surface area contributed by atoms with Gasteiger partial charge in [-0.25, -0.2) is 0 Å². The van der Waals surface area contributed by atoms with Gasteiger partial charge in [0.05, 0.1) is 4.92 Å². The van der Waals surface area contributed by atoms with Crippen molar-refractivity contribution in [2.24, 2.45) is 0 Å². The van der Waals surface area contributed by atoms with E-state index in [2.05, 4.69) is 5.32 Å². The molecule has 0 aliphatic heterocycles. The molecule has 0 spiro atoms. The summed E-state index contributed by atoms with van der Waals surface area (Å²) < 4.78 is 0. The number of benzene rings is 3. The molecule has 0 saturated heterocycles. The van der Waals surface area contributed by atoms with E-state index in [1.807, 2.05) is 61.5 Å². The molecule has 3 aromatic rings. The van der Waals surface area contributed by atoms with Crippen molar-refractivity contribution in [2.45, 2.75) is 13.5 Å². The lowest BCUT2D eigenvalue weighted by molar-refractivity contribution is -0.384. The average Bonchev–Trinajstić information content (AvgIpc) is 2.72. The van der Waals surface area contributed by atoms with Gasteiger partial charge in [0.25, 0.3) is 11.6 Å². The first-order valence-electron chi connectivity index (χ1n) is 8.88. The second kappa shape index (κ2) is 8.77. The van der Waals surface area contributed by atoms with Gasteiger partial charge in [-0.3, -0.25) is 14.9 Å². The molecular formula is C23H20N2O3. The summed E-state index contributed by atoms with van der Waals surface area (Å²) >= 11 is 0. The molecule has 0 fully saturated rings. The highest BCUT2D eigenvalue weighted by atomic mass is 16.6. The van der Waals surface area contributed by atoms with E-state index < -0.39 is 4.92 Å². The lowest BCUT2D eigenvalue weighted by Crippen LogP contribution is -2.23. The van der Waals surface area contributed by atoms with Gasteiger partial charge in [0.15, 0.2) is 0 Å². The van der Waals surface area contributed by atoms with Crippen molar-refractivity contribution < 1.29 is 9.72 Å². The minimum absolute atomic E-state index is 0.0128. The molecule has 5 nitrogen and oxygen atoms in total. The number of aryl methyl sites for hydroxylation is 1. The zero-order valence-electron chi connectivity index (χ0n) is 15.5. The molecule has 0 aliphatic rings. The fraction of sp³-hybridized carbons (Fsp3) is 0.0870.